The Kier molecular flexibility index (Phi) is 5.74. The van der Waals surface area contributed by atoms with Crippen LogP contribution in [0.2, 0.25) is 0 Å². The van der Waals surface area contributed by atoms with Crippen LogP contribution in [-0.4, -0.2) is 19.5 Å². The molecule has 0 aromatic heterocycles. The summed E-state index contributed by atoms with van der Waals surface area (Å²) in [4.78, 5) is 0. The Labute approximate surface area is 127 Å². The lowest BCUT2D eigenvalue weighted by Gasteiger charge is -2.35. The molecule has 20 heavy (non-hydrogen) atoms. The van der Waals surface area contributed by atoms with E-state index >= 15 is 0 Å². The monoisotopic (exact) mass is 295 g/mol. The first-order chi connectivity index (χ1) is 9.69. The minimum Gasteiger partial charge on any atom is -0.496 e. The number of nitrogens with one attached hydrogen (secondary N) is 1. The van der Waals surface area contributed by atoms with E-state index in [-0.39, 0.29) is 0 Å². The fourth-order valence-corrected chi connectivity index (χ4v) is 3.53. The fourth-order valence-electron chi connectivity index (χ4n) is 3.17. The van der Waals surface area contributed by atoms with Crippen molar-refractivity contribution in [1.29, 1.82) is 0 Å². The molecule has 0 bridgehead atoms. The largest absolute Gasteiger partial charge is 0.496 e. The average Bonchev–Trinajstić information content (AvgIpc) is 2.48. The number of halogens is 1. The van der Waals surface area contributed by atoms with Gasteiger partial charge in [-0.05, 0) is 31.2 Å². The molecule has 0 saturated heterocycles. The van der Waals surface area contributed by atoms with Crippen LogP contribution in [0.25, 0.3) is 0 Å². The molecule has 0 atom stereocenters. The summed E-state index contributed by atoms with van der Waals surface area (Å²) in [6.07, 6.45) is 6.53. The molecule has 0 heterocycles. The maximum Gasteiger partial charge on any atom is 0.123 e. The van der Waals surface area contributed by atoms with Gasteiger partial charge >= 0.3 is 0 Å². The van der Waals surface area contributed by atoms with Crippen LogP contribution in [0.3, 0.4) is 0 Å². The predicted octanol–water partition coefficient (Wildman–Crippen LogP) is 4.28. The molecular formula is C17H26ClNO. The summed E-state index contributed by atoms with van der Waals surface area (Å²) in [5.74, 6) is 1.73. The van der Waals surface area contributed by atoms with Crippen molar-refractivity contribution in [1.82, 2.24) is 5.32 Å². The highest BCUT2D eigenvalue weighted by Crippen LogP contribution is 2.36. The molecule has 1 aliphatic rings. The van der Waals surface area contributed by atoms with Gasteiger partial charge in [-0.15, -0.1) is 11.6 Å². The third kappa shape index (κ3) is 3.89. The summed E-state index contributed by atoms with van der Waals surface area (Å²) in [7, 11) is 1.73. The summed E-state index contributed by atoms with van der Waals surface area (Å²) >= 11 is 6.24. The Morgan fingerprint density at radius 2 is 2.00 bits per heavy atom. The van der Waals surface area contributed by atoms with Gasteiger partial charge in [-0.25, -0.2) is 0 Å². The summed E-state index contributed by atoms with van der Waals surface area (Å²) in [5, 5.41) is 3.60. The maximum atomic E-state index is 6.24. The van der Waals surface area contributed by atoms with Crippen LogP contribution >= 0.6 is 11.6 Å². The molecule has 0 aliphatic heterocycles. The molecule has 1 fully saturated rings. The van der Waals surface area contributed by atoms with Gasteiger partial charge in [0.1, 0.15) is 5.75 Å². The Hall–Kier alpha value is -0.730. The molecule has 0 unspecified atom stereocenters. The van der Waals surface area contributed by atoms with E-state index in [1.807, 2.05) is 6.07 Å². The SMILES string of the molecule is COc1ccc(C)cc1CNCC1(CCl)CCCCC1. The second kappa shape index (κ2) is 7.33. The molecule has 0 spiro atoms. The van der Waals surface area contributed by atoms with Crippen LogP contribution in [-0.2, 0) is 6.54 Å². The molecule has 1 aromatic carbocycles. The van der Waals surface area contributed by atoms with Crippen molar-refractivity contribution in [2.24, 2.45) is 5.41 Å². The van der Waals surface area contributed by atoms with Gasteiger partial charge < -0.3 is 10.1 Å². The molecule has 2 nitrogen and oxygen atoms in total. The van der Waals surface area contributed by atoms with E-state index in [2.05, 4.69) is 24.4 Å². The van der Waals surface area contributed by atoms with Crippen LogP contribution < -0.4 is 10.1 Å². The zero-order valence-corrected chi connectivity index (χ0v) is 13.4. The lowest BCUT2D eigenvalue weighted by Crippen LogP contribution is -2.37. The molecule has 112 valence electrons. The zero-order chi connectivity index (χ0) is 14.4. The van der Waals surface area contributed by atoms with Crippen molar-refractivity contribution in [2.45, 2.75) is 45.6 Å². The van der Waals surface area contributed by atoms with Crippen LogP contribution in [0.1, 0.15) is 43.2 Å². The summed E-state index contributed by atoms with van der Waals surface area (Å²) < 4.78 is 5.43. The minimum atomic E-state index is 0.302. The number of methoxy groups -OCH3 is 1. The van der Waals surface area contributed by atoms with Crippen molar-refractivity contribution in [3.05, 3.63) is 29.3 Å². The van der Waals surface area contributed by atoms with Crippen LogP contribution in [0.15, 0.2) is 18.2 Å². The molecule has 1 aliphatic carbocycles. The third-order valence-corrected chi connectivity index (χ3v) is 5.02. The van der Waals surface area contributed by atoms with Gasteiger partial charge in [-0.3, -0.25) is 0 Å². The molecule has 1 N–H and O–H groups in total. The van der Waals surface area contributed by atoms with E-state index in [0.717, 1.165) is 24.7 Å². The molecule has 0 radical (unpaired) electrons. The van der Waals surface area contributed by atoms with E-state index in [0.29, 0.717) is 5.41 Å². The highest BCUT2D eigenvalue weighted by molar-refractivity contribution is 6.18. The quantitative estimate of drug-likeness (QED) is 0.791. The highest BCUT2D eigenvalue weighted by Gasteiger charge is 2.30. The number of hydrogen-bond donors (Lipinski definition) is 1. The zero-order valence-electron chi connectivity index (χ0n) is 12.7. The van der Waals surface area contributed by atoms with E-state index in [1.54, 1.807) is 7.11 Å². The van der Waals surface area contributed by atoms with Crippen molar-refractivity contribution >= 4 is 11.6 Å². The van der Waals surface area contributed by atoms with Gasteiger partial charge in [-0.1, -0.05) is 37.0 Å². The number of hydrogen-bond acceptors (Lipinski definition) is 2. The van der Waals surface area contributed by atoms with Crippen molar-refractivity contribution in [3.8, 4) is 5.75 Å². The van der Waals surface area contributed by atoms with E-state index in [4.69, 9.17) is 16.3 Å². The smallest absolute Gasteiger partial charge is 0.123 e. The number of ether oxygens (including phenoxy) is 1. The summed E-state index contributed by atoms with van der Waals surface area (Å²) in [6.45, 7) is 3.97. The number of rotatable bonds is 6. The molecule has 1 aromatic rings. The van der Waals surface area contributed by atoms with E-state index in [1.165, 1.54) is 43.2 Å². The summed E-state index contributed by atoms with van der Waals surface area (Å²) in [5.41, 5.74) is 2.80. The fraction of sp³-hybridized carbons (Fsp3) is 0.647. The Morgan fingerprint density at radius 1 is 1.25 bits per heavy atom. The van der Waals surface area contributed by atoms with Crippen molar-refractivity contribution in [3.63, 3.8) is 0 Å². The number of benzene rings is 1. The topological polar surface area (TPSA) is 21.3 Å². The Balaban J connectivity index is 1.93. The van der Waals surface area contributed by atoms with Gasteiger partial charge in [0.25, 0.3) is 0 Å². The second-order valence-electron chi connectivity index (χ2n) is 6.11. The first-order valence-electron chi connectivity index (χ1n) is 7.59. The van der Waals surface area contributed by atoms with Crippen molar-refractivity contribution < 1.29 is 4.74 Å². The lowest BCUT2D eigenvalue weighted by atomic mass is 9.75. The first-order valence-corrected chi connectivity index (χ1v) is 8.13. The number of alkyl halides is 1. The summed E-state index contributed by atoms with van der Waals surface area (Å²) in [6, 6.07) is 6.33. The van der Waals surface area contributed by atoms with E-state index in [9.17, 15) is 0 Å². The normalized spacial score (nSPS) is 17.9. The van der Waals surface area contributed by atoms with Gasteiger partial charge in [0.2, 0.25) is 0 Å². The van der Waals surface area contributed by atoms with Gasteiger partial charge in [0, 0.05) is 24.5 Å². The Bertz CT molecular complexity index is 427. The standard InChI is InChI=1S/C17H26ClNO/c1-14-6-7-16(20-2)15(10-14)11-19-13-17(12-18)8-4-3-5-9-17/h6-7,10,19H,3-5,8-9,11-13H2,1-2H3. The van der Waals surface area contributed by atoms with Crippen LogP contribution in [0, 0.1) is 12.3 Å². The lowest BCUT2D eigenvalue weighted by molar-refractivity contribution is 0.212. The Morgan fingerprint density at radius 3 is 2.65 bits per heavy atom. The van der Waals surface area contributed by atoms with Gasteiger partial charge in [0.15, 0.2) is 0 Å². The third-order valence-electron chi connectivity index (χ3n) is 4.45. The minimum absolute atomic E-state index is 0.302. The van der Waals surface area contributed by atoms with Crippen LogP contribution in [0.5, 0.6) is 5.75 Å². The predicted molar refractivity (Wildman–Crippen MR) is 85.7 cm³/mol. The highest BCUT2D eigenvalue weighted by atomic mass is 35.5. The molecular weight excluding hydrogens is 270 g/mol. The molecule has 1 saturated carbocycles. The van der Waals surface area contributed by atoms with Crippen LogP contribution in [0.4, 0.5) is 0 Å². The molecule has 2 rings (SSSR count). The molecule has 0 amide bonds. The van der Waals surface area contributed by atoms with Crippen molar-refractivity contribution in [2.75, 3.05) is 19.5 Å². The molecule has 3 heteroatoms. The number of aryl methyl sites for hydroxylation is 1. The first kappa shape index (κ1) is 15.7. The van der Waals surface area contributed by atoms with E-state index < -0.39 is 0 Å². The van der Waals surface area contributed by atoms with Gasteiger partial charge in [0.05, 0.1) is 7.11 Å². The van der Waals surface area contributed by atoms with Gasteiger partial charge in [-0.2, -0.15) is 0 Å². The average molecular weight is 296 g/mol. The maximum absolute atomic E-state index is 6.24. The second-order valence-corrected chi connectivity index (χ2v) is 6.38.